The average molecular weight is 424 g/mol. The van der Waals surface area contributed by atoms with Gasteiger partial charge in [0.1, 0.15) is 0 Å². The maximum atomic E-state index is 12.4. The first-order valence-electron chi connectivity index (χ1n) is 10.1. The summed E-state index contributed by atoms with van der Waals surface area (Å²) in [5.74, 6) is 0.0213. The van der Waals surface area contributed by atoms with E-state index in [9.17, 15) is 9.59 Å². The Morgan fingerprint density at radius 1 is 1.23 bits per heavy atom. The summed E-state index contributed by atoms with van der Waals surface area (Å²) in [5.41, 5.74) is 4.91. The minimum atomic E-state index is -0.0887. The lowest BCUT2D eigenvalue weighted by atomic mass is 10.2. The van der Waals surface area contributed by atoms with E-state index in [4.69, 9.17) is 0 Å². The van der Waals surface area contributed by atoms with Gasteiger partial charge in [-0.2, -0.15) is 5.10 Å². The standard InChI is InChI=1S/C22H25N5O2S/c1-15-19(16(2)27(25-15)13-17-7-4-3-5-8-17)12-23-20(28)11-18-14-30-22(24-18)26-10-6-9-21(26)29/h3-5,7-8,14H,6,9-13H2,1-2H3,(H,23,28). The molecular formula is C22H25N5O2S. The van der Waals surface area contributed by atoms with Crippen molar-refractivity contribution in [2.24, 2.45) is 0 Å². The van der Waals surface area contributed by atoms with Crippen molar-refractivity contribution in [2.75, 3.05) is 11.4 Å². The highest BCUT2D eigenvalue weighted by Gasteiger charge is 2.24. The molecule has 30 heavy (non-hydrogen) atoms. The topological polar surface area (TPSA) is 80.1 Å². The van der Waals surface area contributed by atoms with Crippen LogP contribution in [0.1, 0.15) is 41.1 Å². The summed E-state index contributed by atoms with van der Waals surface area (Å²) in [6.07, 6.45) is 1.64. The lowest BCUT2D eigenvalue weighted by Gasteiger charge is -2.10. The molecule has 0 saturated carbocycles. The van der Waals surface area contributed by atoms with Crippen LogP contribution in [-0.2, 0) is 29.1 Å². The number of nitrogens with zero attached hydrogens (tertiary/aromatic N) is 4. The highest BCUT2D eigenvalue weighted by Crippen LogP contribution is 2.25. The molecule has 1 aliphatic heterocycles. The summed E-state index contributed by atoms with van der Waals surface area (Å²) >= 11 is 1.42. The molecule has 2 aromatic heterocycles. The van der Waals surface area contributed by atoms with E-state index >= 15 is 0 Å². The molecule has 0 spiro atoms. The number of carbonyl (C=O) groups excluding carboxylic acids is 2. The second kappa shape index (κ2) is 8.79. The van der Waals surface area contributed by atoms with E-state index in [0.29, 0.717) is 36.9 Å². The number of anilines is 1. The van der Waals surface area contributed by atoms with Gasteiger partial charge in [0.2, 0.25) is 11.8 Å². The van der Waals surface area contributed by atoms with Gasteiger partial charge in [-0.25, -0.2) is 4.98 Å². The Morgan fingerprint density at radius 3 is 2.77 bits per heavy atom. The Hall–Kier alpha value is -3.00. The summed E-state index contributed by atoms with van der Waals surface area (Å²) in [6.45, 7) is 5.86. The number of rotatable bonds is 7. The molecule has 1 saturated heterocycles. The number of amides is 2. The van der Waals surface area contributed by atoms with Crippen molar-refractivity contribution in [1.82, 2.24) is 20.1 Å². The first kappa shape index (κ1) is 20.3. The highest BCUT2D eigenvalue weighted by atomic mass is 32.1. The fourth-order valence-corrected chi connectivity index (χ4v) is 4.53. The number of thiazole rings is 1. The molecule has 8 heteroatoms. The van der Waals surface area contributed by atoms with Gasteiger partial charge in [0.25, 0.3) is 0 Å². The van der Waals surface area contributed by atoms with Crippen molar-refractivity contribution in [1.29, 1.82) is 0 Å². The maximum absolute atomic E-state index is 12.4. The minimum absolute atomic E-state index is 0.0887. The van der Waals surface area contributed by atoms with Crippen LogP contribution >= 0.6 is 11.3 Å². The second-order valence-corrected chi connectivity index (χ2v) is 8.35. The predicted octanol–water partition coefficient (Wildman–Crippen LogP) is 2.99. The van der Waals surface area contributed by atoms with Gasteiger partial charge in [-0.15, -0.1) is 11.3 Å². The summed E-state index contributed by atoms with van der Waals surface area (Å²) in [4.78, 5) is 30.5. The molecule has 4 rings (SSSR count). The molecule has 156 valence electrons. The van der Waals surface area contributed by atoms with E-state index in [0.717, 1.165) is 23.4 Å². The Bertz CT molecular complexity index is 1060. The van der Waals surface area contributed by atoms with E-state index in [-0.39, 0.29) is 18.2 Å². The van der Waals surface area contributed by atoms with Crippen LogP contribution in [0.5, 0.6) is 0 Å². The van der Waals surface area contributed by atoms with Gasteiger partial charge in [0, 0.05) is 36.1 Å². The zero-order valence-corrected chi connectivity index (χ0v) is 18.0. The highest BCUT2D eigenvalue weighted by molar-refractivity contribution is 7.14. The number of hydrogen-bond donors (Lipinski definition) is 1. The second-order valence-electron chi connectivity index (χ2n) is 7.52. The Morgan fingerprint density at radius 2 is 2.03 bits per heavy atom. The van der Waals surface area contributed by atoms with Crippen LogP contribution in [-0.4, -0.2) is 33.1 Å². The van der Waals surface area contributed by atoms with Crippen LogP contribution < -0.4 is 10.2 Å². The van der Waals surface area contributed by atoms with Crippen LogP contribution in [0.3, 0.4) is 0 Å². The van der Waals surface area contributed by atoms with Crippen molar-refractivity contribution in [3.05, 3.63) is 63.9 Å². The van der Waals surface area contributed by atoms with Gasteiger partial charge in [0.15, 0.2) is 5.13 Å². The maximum Gasteiger partial charge on any atom is 0.228 e. The molecule has 1 N–H and O–H groups in total. The monoisotopic (exact) mass is 423 g/mol. The van der Waals surface area contributed by atoms with Gasteiger partial charge >= 0.3 is 0 Å². The third-order valence-electron chi connectivity index (χ3n) is 5.35. The largest absolute Gasteiger partial charge is 0.352 e. The fraction of sp³-hybridized carbons (Fsp3) is 0.364. The van der Waals surface area contributed by atoms with Crippen LogP contribution in [0.15, 0.2) is 35.7 Å². The van der Waals surface area contributed by atoms with Gasteiger partial charge in [-0.05, 0) is 25.8 Å². The molecule has 0 bridgehead atoms. The molecule has 0 radical (unpaired) electrons. The van der Waals surface area contributed by atoms with Crippen molar-refractivity contribution in [2.45, 2.75) is 46.2 Å². The van der Waals surface area contributed by atoms with Crippen molar-refractivity contribution in [3.63, 3.8) is 0 Å². The third kappa shape index (κ3) is 4.43. The Kier molecular flexibility index (Phi) is 5.94. The van der Waals surface area contributed by atoms with Crippen LogP contribution in [0, 0.1) is 13.8 Å². The lowest BCUT2D eigenvalue weighted by Crippen LogP contribution is -2.26. The van der Waals surface area contributed by atoms with Crippen LogP contribution in [0.2, 0.25) is 0 Å². The number of carbonyl (C=O) groups is 2. The molecule has 1 fully saturated rings. The number of aromatic nitrogens is 3. The summed E-state index contributed by atoms with van der Waals surface area (Å²) < 4.78 is 1.98. The van der Waals surface area contributed by atoms with Gasteiger partial charge < -0.3 is 5.32 Å². The van der Waals surface area contributed by atoms with E-state index in [2.05, 4.69) is 27.5 Å². The summed E-state index contributed by atoms with van der Waals surface area (Å²) in [7, 11) is 0. The normalized spacial score (nSPS) is 13.8. The van der Waals surface area contributed by atoms with Crippen molar-refractivity contribution in [3.8, 4) is 0 Å². The summed E-state index contributed by atoms with van der Waals surface area (Å²) in [6, 6.07) is 10.2. The molecule has 1 aliphatic rings. The van der Waals surface area contributed by atoms with Crippen molar-refractivity contribution < 1.29 is 9.59 Å². The molecule has 3 aromatic rings. The molecule has 0 unspecified atom stereocenters. The molecule has 2 amide bonds. The number of aryl methyl sites for hydroxylation is 1. The van der Waals surface area contributed by atoms with E-state index < -0.39 is 0 Å². The molecular weight excluding hydrogens is 398 g/mol. The van der Waals surface area contributed by atoms with E-state index in [1.807, 2.05) is 42.1 Å². The van der Waals surface area contributed by atoms with Crippen LogP contribution in [0.25, 0.3) is 0 Å². The molecule has 1 aromatic carbocycles. The zero-order chi connectivity index (χ0) is 21.1. The SMILES string of the molecule is Cc1nn(Cc2ccccc2)c(C)c1CNC(=O)Cc1csc(N2CCCC2=O)n1. The van der Waals surface area contributed by atoms with E-state index in [1.165, 1.54) is 16.9 Å². The number of nitrogens with one attached hydrogen (secondary N) is 1. The minimum Gasteiger partial charge on any atom is -0.352 e. The molecule has 0 atom stereocenters. The quantitative estimate of drug-likeness (QED) is 0.634. The van der Waals surface area contributed by atoms with Crippen LogP contribution in [0.4, 0.5) is 5.13 Å². The first-order valence-corrected chi connectivity index (χ1v) is 11.0. The zero-order valence-electron chi connectivity index (χ0n) is 17.2. The lowest BCUT2D eigenvalue weighted by molar-refractivity contribution is -0.120. The molecule has 3 heterocycles. The first-order chi connectivity index (χ1) is 14.5. The smallest absolute Gasteiger partial charge is 0.228 e. The number of benzene rings is 1. The molecule has 0 aliphatic carbocycles. The predicted molar refractivity (Wildman–Crippen MR) is 116 cm³/mol. The molecule has 7 nitrogen and oxygen atoms in total. The number of hydrogen-bond acceptors (Lipinski definition) is 5. The summed E-state index contributed by atoms with van der Waals surface area (Å²) in [5, 5.41) is 10.2. The van der Waals surface area contributed by atoms with Gasteiger partial charge in [-0.3, -0.25) is 19.2 Å². The average Bonchev–Trinajstić information content (AvgIpc) is 3.42. The van der Waals surface area contributed by atoms with E-state index in [1.54, 1.807) is 4.90 Å². The van der Waals surface area contributed by atoms with Gasteiger partial charge in [-0.1, -0.05) is 30.3 Å². The van der Waals surface area contributed by atoms with Crippen molar-refractivity contribution >= 4 is 28.3 Å². The third-order valence-corrected chi connectivity index (χ3v) is 6.27. The van der Waals surface area contributed by atoms with Gasteiger partial charge in [0.05, 0.1) is 24.4 Å². The fourth-order valence-electron chi connectivity index (χ4n) is 3.67. The Balaban J connectivity index is 1.35. The Labute approximate surface area is 179 Å².